The van der Waals surface area contributed by atoms with Gasteiger partial charge in [-0.05, 0) is 38.0 Å². The predicted octanol–water partition coefficient (Wildman–Crippen LogP) is 1.90. The molecule has 7 heteroatoms. The molecule has 1 N–H and O–H groups in total. The number of aromatic nitrogens is 1. The normalized spacial score (nSPS) is 11.6. The van der Waals surface area contributed by atoms with Crippen LogP contribution in [0.3, 0.4) is 0 Å². The molecule has 0 fully saturated rings. The highest BCUT2D eigenvalue weighted by atomic mass is 16.6. The van der Waals surface area contributed by atoms with Crippen LogP contribution in [0.4, 0.5) is 0 Å². The van der Waals surface area contributed by atoms with Crippen LogP contribution >= 0.6 is 0 Å². The van der Waals surface area contributed by atoms with Crippen LogP contribution in [0, 0.1) is 6.92 Å². The Morgan fingerprint density at radius 2 is 2.00 bits per heavy atom. The fourth-order valence-electron chi connectivity index (χ4n) is 2.00. The number of carbonyl (C=O) groups excluding carboxylic acids is 2. The summed E-state index contributed by atoms with van der Waals surface area (Å²) in [4.78, 5) is 23.7. The van der Waals surface area contributed by atoms with Gasteiger partial charge in [-0.3, -0.25) is 4.79 Å². The number of esters is 1. The van der Waals surface area contributed by atoms with Gasteiger partial charge in [0.15, 0.2) is 6.10 Å². The molecule has 0 aliphatic carbocycles. The number of nitrogens with one attached hydrogen (secondary N) is 1. The molecule has 0 aliphatic heterocycles. The first-order valence-corrected chi connectivity index (χ1v) is 7.54. The first-order valence-electron chi connectivity index (χ1n) is 7.54. The Bertz CT molecular complexity index is 693. The monoisotopic (exact) mass is 332 g/mol. The molecule has 0 bridgehead atoms. The Morgan fingerprint density at radius 1 is 1.29 bits per heavy atom. The second-order valence-electron chi connectivity index (χ2n) is 5.27. The number of methoxy groups -OCH3 is 1. The van der Waals surface area contributed by atoms with E-state index in [9.17, 15) is 9.59 Å². The molecule has 0 saturated heterocycles. The van der Waals surface area contributed by atoms with E-state index in [0.29, 0.717) is 18.7 Å². The average Bonchev–Trinajstić information content (AvgIpc) is 3.02. The van der Waals surface area contributed by atoms with Gasteiger partial charge in [-0.1, -0.05) is 17.3 Å². The highest BCUT2D eigenvalue weighted by molar-refractivity contribution is 5.89. The fourth-order valence-corrected chi connectivity index (χ4v) is 2.00. The van der Waals surface area contributed by atoms with Crippen LogP contribution in [0.25, 0.3) is 0 Å². The molecule has 1 heterocycles. The minimum absolute atomic E-state index is 0.0228. The van der Waals surface area contributed by atoms with Crippen molar-refractivity contribution >= 4 is 11.9 Å². The number of nitrogens with zero attached hydrogens (tertiary/aromatic N) is 1. The summed E-state index contributed by atoms with van der Waals surface area (Å²) in [5, 5.41) is 6.33. The molecular formula is C17H20N2O5. The van der Waals surface area contributed by atoms with Gasteiger partial charge in [-0.15, -0.1) is 0 Å². The highest BCUT2D eigenvalue weighted by Crippen LogP contribution is 2.11. The first kappa shape index (κ1) is 17.5. The van der Waals surface area contributed by atoms with Crippen LogP contribution in [0.2, 0.25) is 0 Å². The third-order valence-corrected chi connectivity index (χ3v) is 3.35. The van der Waals surface area contributed by atoms with E-state index in [4.69, 9.17) is 14.0 Å². The SMILES string of the molecule is COc1ccc(CCNC(=O)[C@H](C)OC(=O)c2cc(C)no2)cc1. The fraction of sp³-hybridized carbons (Fsp3) is 0.353. The number of hydrogen-bond donors (Lipinski definition) is 1. The van der Waals surface area contributed by atoms with Crippen LogP contribution in [-0.2, 0) is 16.0 Å². The van der Waals surface area contributed by atoms with E-state index >= 15 is 0 Å². The van der Waals surface area contributed by atoms with Crippen molar-refractivity contribution < 1.29 is 23.6 Å². The maximum absolute atomic E-state index is 12.0. The molecular weight excluding hydrogens is 312 g/mol. The van der Waals surface area contributed by atoms with E-state index in [-0.39, 0.29) is 11.7 Å². The van der Waals surface area contributed by atoms with E-state index in [0.717, 1.165) is 11.3 Å². The third-order valence-electron chi connectivity index (χ3n) is 3.35. The molecule has 0 aliphatic rings. The van der Waals surface area contributed by atoms with E-state index < -0.39 is 12.1 Å². The van der Waals surface area contributed by atoms with Gasteiger partial charge in [0.2, 0.25) is 5.76 Å². The lowest BCUT2D eigenvalue weighted by Gasteiger charge is -2.12. The second kappa shape index (κ2) is 8.14. The molecule has 2 rings (SSSR count). The molecule has 1 amide bonds. The van der Waals surface area contributed by atoms with Crippen molar-refractivity contribution in [3.05, 3.63) is 47.3 Å². The topological polar surface area (TPSA) is 90.7 Å². The molecule has 24 heavy (non-hydrogen) atoms. The summed E-state index contributed by atoms with van der Waals surface area (Å²) in [6, 6.07) is 9.04. The number of ether oxygens (including phenoxy) is 2. The van der Waals surface area contributed by atoms with Crippen molar-refractivity contribution in [3.63, 3.8) is 0 Å². The van der Waals surface area contributed by atoms with Crippen LogP contribution in [-0.4, -0.2) is 36.8 Å². The molecule has 128 valence electrons. The Labute approximate surface area is 139 Å². The lowest BCUT2D eigenvalue weighted by Crippen LogP contribution is -2.36. The number of rotatable bonds is 7. The standard InChI is InChI=1S/C17H20N2O5/c1-11-10-15(24-19-11)17(21)23-12(2)16(20)18-9-8-13-4-6-14(22-3)7-5-13/h4-7,10,12H,8-9H2,1-3H3,(H,18,20)/t12-/m0/s1. The van der Waals surface area contributed by atoms with Crippen molar-refractivity contribution in [2.24, 2.45) is 0 Å². The molecule has 1 aromatic carbocycles. The molecule has 0 radical (unpaired) electrons. The molecule has 7 nitrogen and oxygen atoms in total. The Kier molecular flexibility index (Phi) is 5.95. The van der Waals surface area contributed by atoms with Gasteiger partial charge < -0.3 is 19.3 Å². The maximum Gasteiger partial charge on any atom is 0.377 e. The van der Waals surface area contributed by atoms with E-state index in [2.05, 4.69) is 10.5 Å². The van der Waals surface area contributed by atoms with E-state index in [1.807, 2.05) is 24.3 Å². The van der Waals surface area contributed by atoms with Gasteiger partial charge in [0.25, 0.3) is 5.91 Å². The lowest BCUT2D eigenvalue weighted by molar-refractivity contribution is -0.129. The number of aryl methyl sites for hydroxylation is 1. The van der Waals surface area contributed by atoms with Crippen molar-refractivity contribution in [2.75, 3.05) is 13.7 Å². The molecule has 1 atom stereocenters. The zero-order valence-electron chi connectivity index (χ0n) is 13.9. The summed E-state index contributed by atoms with van der Waals surface area (Å²) in [7, 11) is 1.61. The van der Waals surface area contributed by atoms with Crippen molar-refractivity contribution in [1.82, 2.24) is 10.5 Å². The van der Waals surface area contributed by atoms with Gasteiger partial charge in [-0.2, -0.15) is 0 Å². The number of carbonyl (C=O) groups is 2. The first-order chi connectivity index (χ1) is 11.5. The van der Waals surface area contributed by atoms with Gasteiger partial charge in [-0.25, -0.2) is 4.79 Å². The summed E-state index contributed by atoms with van der Waals surface area (Å²) in [6.45, 7) is 3.63. The summed E-state index contributed by atoms with van der Waals surface area (Å²) in [5.41, 5.74) is 1.64. The summed E-state index contributed by atoms with van der Waals surface area (Å²) < 4.78 is 14.9. The molecule has 2 aromatic rings. The Morgan fingerprint density at radius 3 is 2.58 bits per heavy atom. The molecule has 0 saturated carbocycles. The zero-order chi connectivity index (χ0) is 17.5. The largest absolute Gasteiger partial charge is 0.497 e. The highest BCUT2D eigenvalue weighted by Gasteiger charge is 2.21. The van der Waals surface area contributed by atoms with Crippen LogP contribution in [0.1, 0.15) is 28.7 Å². The van der Waals surface area contributed by atoms with Crippen molar-refractivity contribution in [1.29, 1.82) is 0 Å². The van der Waals surface area contributed by atoms with Crippen LogP contribution in [0.15, 0.2) is 34.9 Å². The van der Waals surface area contributed by atoms with Crippen molar-refractivity contribution in [3.8, 4) is 5.75 Å². The average molecular weight is 332 g/mol. The summed E-state index contributed by atoms with van der Waals surface area (Å²) in [6.07, 6.45) is -0.253. The third kappa shape index (κ3) is 4.84. The molecule has 0 spiro atoms. The van der Waals surface area contributed by atoms with E-state index in [1.165, 1.54) is 13.0 Å². The number of benzene rings is 1. The minimum atomic E-state index is -0.918. The zero-order valence-corrected chi connectivity index (χ0v) is 13.9. The predicted molar refractivity (Wildman–Crippen MR) is 85.8 cm³/mol. The summed E-state index contributed by atoms with van der Waals surface area (Å²) >= 11 is 0. The van der Waals surface area contributed by atoms with Gasteiger partial charge in [0.1, 0.15) is 5.75 Å². The van der Waals surface area contributed by atoms with Gasteiger partial charge in [0.05, 0.1) is 12.8 Å². The Balaban J connectivity index is 1.75. The van der Waals surface area contributed by atoms with Gasteiger partial charge in [0, 0.05) is 12.6 Å². The molecule has 0 unspecified atom stereocenters. The smallest absolute Gasteiger partial charge is 0.377 e. The molecule has 1 aromatic heterocycles. The second-order valence-corrected chi connectivity index (χ2v) is 5.27. The van der Waals surface area contributed by atoms with Crippen LogP contribution in [0.5, 0.6) is 5.75 Å². The minimum Gasteiger partial charge on any atom is -0.497 e. The quantitative estimate of drug-likeness (QED) is 0.779. The van der Waals surface area contributed by atoms with Crippen molar-refractivity contribution in [2.45, 2.75) is 26.4 Å². The van der Waals surface area contributed by atoms with Crippen LogP contribution < -0.4 is 10.1 Å². The lowest BCUT2D eigenvalue weighted by atomic mass is 10.1. The number of hydrogen-bond acceptors (Lipinski definition) is 6. The number of amides is 1. The summed E-state index contributed by atoms with van der Waals surface area (Å²) in [5.74, 6) is -0.321. The maximum atomic E-state index is 12.0. The van der Waals surface area contributed by atoms with E-state index in [1.54, 1.807) is 14.0 Å². The Hall–Kier alpha value is -2.83. The van der Waals surface area contributed by atoms with Gasteiger partial charge >= 0.3 is 5.97 Å².